The van der Waals surface area contributed by atoms with Crippen LogP contribution in [0.25, 0.3) is 0 Å². The number of halogens is 3. The normalized spacial score (nSPS) is 27.9. The smallest absolute Gasteiger partial charge is 0.380 e. The number of aliphatic hydroxyl groups is 1. The van der Waals surface area contributed by atoms with Crippen molar-refractivity contribution in [1.29, 1.82) is 0 Å². The number of hydrogen-bond donors (Lipinski definition) is 2. The van der Waals surface area contributed by atoms with Gasteiger partial charge >= 0.3 is 6.18 Å². The van der Waals surface area contributed by atoms with Crippen molar-refractivity contribution in [2.45, 2.75) is 35.4 Å². The van der Waals surface area contributed by atoms with Crippen LogP contribution in [0.2, 0.25) is 0 Å². The molecule has 0 bridgehead atoms. The van der Waals surface area contributed by atoms with Crippen LogP contribution < -0.4 is 5.14 Å². The first-order valence-corrected chi connectivity index (χ1v) is 7.00. The summed E-state index contributed by atoms with van der Waals surface area (Å²) in [6.45, 7) is 0. The fourth-order valence-corrected chi connectivity index (χ4v) is 3.12. The second kappa shape index (κ2) is 4.19. The number of hydrogen-bond acceptors (Lipinski definition) is 3. The van der Waals surface area contributed by atoms with Gasteiger partial charge in [0.1, 0.15) is 0 Å². The van der Waals surface area contributed by atoms with E-state index < -0.39 is 40.6 Å². The SMILES string of the molecule is NS(=O)(=O)c1ccccc1C1CC(O)(C(F)(F)F)C1. The molecule has 1 fully saturated rings. The quantitative estimate of drug-likeness (QED) is 0.867. The molecule has 106 valence electrons. The van der Waals surface area contributed by atoms with Gasteiger partial charge in [-0.05, 0) is 30.4 Å². The summed E-state index contributed by atoms with van der Waals surface area (Å²) in [5.74, 6) is -0.666. The van der Waals surface area contributed by atoms with Crippen molar-refractivity contribution >= 4 is 10.0 Å². The lowest BCUT2D eigenvalue weighted by Crippen LogP contribution is -2.54. The van der Waals surface area contributed by atoms with Crippen LogP contribution >= 0.6 is 0 Å². The van der Waals surface area contributed by atoms with Gasteiger partial charge < -0.3 is 5.11 Å². The van der Waals surface area contributed by atoms with Crippen LogP contribution in [0.15, 0.2) is 29.2 Å². The average molecular weight is 295 g/mol. The minimum absolute atomic E-state index is 0.191. The molecule has 2 rings (SSSR count). The van der Waals surface area contributed by atoms with Crippen LogP contribution in [0.4, 0.5) is 13.2 Å². The molecule has 0 spiro atoms. The highest BCUT2D eigenvalue weighted by Gasteiger charge is 2.61. The third-order valence-electron chi connectivity index (χ3n) is 3.36. The van der Waals surface area contributed by atoms with E-state index in [0.29, 0.717) is 0 Å². The molecular formula is C11H12F3NO3S. The Morgan fingerprint density at radius 3 is 2.26 bits per heavy atom. The van der Waals surface area contributed by atoms with Gasteiger partial charge in [-0.15, -0.1) is 0 Å². The third-order valence-corrected chi connectivity index (χ3v) is 4.35. The highest BCUT2D eigenvalue weighted by molar-refractivity contribution is 7.89. The second-order valence-electron chi connectivity index (χ2n) is 4.72. The van der Waals surface area contributed by atoms with Gasteiger partial charge in [0.05, 0.1) is 4.90 Å². The van der Waals surface area contributed by atoms with Crippen molar-refractivity contribution in [3.05, 3.63) is 29.8 Å². The van der Waals surface area contributed by atoms with Gasteiger partial charge in [-0.3, -0.25) is 0 Å². The van der Waals surface area contributed by atoms with Crippen molar-refractivity contribution in [1.82, 2.24) is 0 Å². The first-order valence-electron chi connectivity index (χ1n) is 5.45. The molecule has 1 aliphatic rings. The summed E-state index contributed by atoms with van der Waals surface area (Å²) in [7, 11) is -3.99. The predicted octanol–water partition coefficient (Wildman–Crippen LogP) is 1.50. The van der Waals surface area contributed by atoms with Gasteiger partial charge in [-0.2, -0.15) is 13.2 Å². The van der Waals surface area contributed by atoms with E-state index in [-0.39, 0.29) is 10.5 Å². The molecule has 1 aromatic carbocycles. The van der Waals surface area contributed by atoms with Gasteiger partial charge in [-0.1, -0.05) is 18.2 Å². The lowest BCUT2D eigenvalue weighted by Gasteiger charge is -2.45. The molecular weight excluding hydrogens is 283 g/mol. The highest BCUT2D eigenvalue weighted by atomic mass is 32.2. The van der Waals surface area contributed by atoms with Gasteiger partial charge in [0.25, 0.3) is 0 Å². The van der Waals surface area contributed by atoms with Gasteiger partial charge in [0.2, 0.25) is 10.0 Å². The number of rotatable bonds is 2. The number of nitrogens with two attached hydrogens (primary N) is 1. The number of alkyl halides is 3. The zero-order chi connectivity index (χ0) is 14.5. The van der Waals surface area contributed by atoms with E-state index >= 15 is 0 Å². The molecule has 4 nitrogen and oxygen atoms in total. The molecule has 0 aliphatic heterocycles. The maximum Gasteiger partial charge on any atom is 0.417 e. The molecule has 8 heteroatoms. The van der Waals surface area contributed by atoms with E-state index in [2.05, 4.69) is 0 Å². The van der Waals surface area contributed by atoms with Crippen LogP contribution in [-0.2, 0) is 10.0 Å². The molecule has 19 heavy (non-hydrogen) atoms. The molecule has 1 aliphatic carbocycles. The van der Waals surface area contributed by atoms with E-state index in [0.717, 1.165) is 0 Å². The molecule has 1 saturated carbocycles. The monoisotopic (exact) mass is 295 g/mol. The third kappa shape index (κ3) is 2.47. The standard InChI is InChI=1S/C11H12F3NO3S/c12-11(13,14)10(16)5-7(6-10)8-3-1-2-4-9(8)19(15,17)18/h1-4,7,16H,5-6H2,(H2,15,17,18). The average Bonchev–Trinajstić information content (AvgIpc) is 2.22. The molecule has 0 atom stereocenters. The van der Waals surface area contributed by atoms with Crippen molar-refractivity contribution in [3.8, 4) is 0 Å². The number of primary sulfonamides is 1. The number of sulfonamides is 1. The molecule has 0 saturated heterocycles. The summed E-state index contributed by atoms with van der Waals surface area (Å²) in [5, 5.41) is 14.4. The lowest BCUT2D eigenvalue weighted by atomic mass is 9.67. The second-order valence-corrected chi connectivity index (χ2v) is 6.25. The van der Waals surface area contributed by atoms with Crippen molar-refractivity contribution in [3.63, 3.8) is 0 Å². The first-order chi connectivity index (χ1) is 8.55. The Labute approximate surface area is 108 Å². The zero-order valence-electron chi connectivity index (χ0n) is 9.68. The molecule has 0 radical (unpaired) electrons. The van der Waals surface area contributed by atoms with Crippen molar-refractivity contribution < 1.29 is 26.7 Å². The Balaban J connectivity index is 2.29. The highest BCUT2D eigenvalue weighted by Crippen LogP contribution is 2.53. The minimum atomic E-state index is -4.71. The Morgan fingerprint density at radius 2 is 1.79 bits per heavy atom. The van der Waals surface area contributed by atoms with Crippen molar-refractivity contribution in [2.24, 2.45) is 5.14 Å². The van der Waals surface area contributed by atoms with Crippen LogP contribution in [0.1, 0.15) is 24.3 Å². The van der Waals surface area contributed by atoms with Gasteiger partial charge in [0.15, 0.2) is 5.60 Å². The fourth-order valence-electron chi connectivity index (χ4n) is 2.28. The topological polar surface area (TPSA) is 80.4 Å². The fraction of sp³-hybridized carbons (Fsp3) is 0.455. The maximum atomic E-state index is 12.5. The molecule has 1 aromatic rings. The number of benzene rings is 1. The first kappa shape index (κ1) is 14.3. The van der Waals surface area contributed by atoms with E-state index in [1.807, 2.05) is 0 Å². The molecule has 0 aromatic heterocycles. The Kier molecular flexibility index (Phi) is 3.15. The van der Waals surface area contributed by atoms with Crippen LogP contribution in [-0.4, -0.2) is 25.3 Å². The molecule has 3 N–H and O–H groups in total. The zero-order valence-corrected chi connectivity index (χ0v) is 10.5. The maximum absolute atomic E-state index is 12.5. The van der Waals surface area contributed by atoms with Gasteiger partial charge in [0, 0.05) is 0 Å². The van der Waals surface area contributed by atoms with Gasteiger partial charge in [-0.25, -0.2) is 13.6 Å². The van der Waals surface area contributed by atoms with Crippen LogP contribution in [0.3, 0.4) is 0 Å². The van der Waals surface area contributed by atoms with E-state index in [1.165, 1.54) is 24.3 Å². The Hall–Kier alpha value is -1.12. The summed E-state index contributed by atoms with van der Waals surface area (Å²) in [5.41, 5.74) is -2.51. The Bertz CT molecular complexity index is 591. The summed E-state index contributed by atoms with van der Waals surface area (Å²) in [6, 6.07) is 5.63. The van der Waals surface area contributed by atoms with E-state index in [1.54, 1.807) is 0 Å². The summed E-state index contributed by atoms with van der Waals surface area (Å²) in [6.07, 6.45) is -5.81. The minimum Gasteiger partial charge on any atom is -0.380 e. The largest absolute Gasteiger partial charge is 0.417 e. The summed E-state index contributed by atoms with van der Waals surface area (Å²) >= 11 is 0. The van der Waals surface area contributed by atoms with Crippen molar-refractivity contribution in [2.75, 3.05) is 0 Å². The molecule has 0 unspecified atom stereocenters. The lowest BCUT2D eigenvalue weighted by molar-refractivity contribution is -0.291. The van der Waals surface area contributed by atoms with Crippen LogP contribution in [0, 0.1) is 0 Å². The summed E-state index contributed by atoms with van der Waals surface area (Å²) < 4.78 is 60.2. The predicted molar refractivity (Wildman–Crippen MR) is 60.8 cm³/mol. The molecule has 0 amide bonds. The van der Waals surface area contributed by atoms with Crippen LogP contribution in [0.5, 0.6) is 0 Å². The molecule has 0 heterocycles. The van der Waals surface area contributed by atoms with E-state index in [9.17, 15) is 26.7 Å². The van der Waals surface area contributed by atoms with E-state index in [4.69, 9.17) is 5.14 Å². The Morgan fingerprint density at radius 1 is 1.26 bits per heavy atom. The summed E-state index contributed by atoms with van der Waals surface area (Å²) in [4.78, 5) is -0.191.